The molecule has 0 radical (unpaired) electrons. The summed E-state index contributed by atoms with van der Waals surface area (Å²) in [5.41, 5.74) is -0.524. The molecule has 2 fully saturated rings. The van der Waals surface area contributed by atoms with Gasteiger partial charge in [0, 0.05) is 16.9 Å². The van der Waals surface area contributed by atoms with E-state index >= 15 is 0 Å². The Bertz CT molecular complexity index is 259. The number of hydrogen-bond acceptors (Lipinski definition) is 1. The highest BCUT2D eigenvalue weighted by Gasteiger charge is 2.77. The maximum absolute atomic E-state index is 13.5. The van der Waals surface area contributed by atoms with Crippen molar-refractivity contribution in [3.05, 3.63) is 0 Å². The smallest absolute Gasteiger partial charge is 0.257 e. The van der Waals surface area contributed by atoms with E-state index in [1.54, 1.807) is 6.92 Å². The van der Waals surface area contributed by atoms with Crippen molar-refractivity contribution in [1.29, 1.82) is 0 Å². The van der Waals surface area contributed by atoms with Crippen LogP contribution in [0.1, 0.15) is 40.5 Å². The third kappa shape index (κ3) is 1.42. The predicted molar refractivity (Wildman–Crippen MR) is 57.1 cm³/mol. The molecule has 0 aromatic rings. The Morgan fingerprint density at radius 2 is 1.53 bits per heavy atom. The highest BCUT2D eigenvalue weighted by molar-refractivity contribution is 5.17. The zero-order chi connectivity index (χ0) is 11.5. The molecule has 2 rings (SSSR count). The number of halogens is 2. The fourth-order valence-electron chi connectivity index (χ4n) is 3.05. The molecule has 1 aliphatic carbocycles. The molecule has 1 saturated heterocycles. The van der Waals surface area contributed by atoms with Crippen LogP contribution in [0.2, 0.25) is 0 Å². The van der Waals surface area contributed by atoms with Gasteiger partial charge in [0.1, 0.15) is 0 Å². The van der Waals surface area contributed by atoms with Crippen LogP contribution in [-0.2, 0) is 0 Å². The minimum Gasteiger partial charge on any atom is -0.298 e. The van der Waals surface area contributed by atoms with Gasteiger partial charge < -0.3 is 0 Å². The quantitative estimate of drug-likeness (QED) is 0.602. The summed E-state index contributed by atoms with van der Waals surface area (Å²) in [6.45, 7) is 9.80. The molecular formula is C12H21F2N. The highest BCUT2D eigenvalue weighted by Crippen LogP contribution is 2.70. The Hall–Kier alpha value is -0.180. The molecule has 88 valence electrons. The molecule has 1 heterocycles. The fraction of sp³-hybridized carbons (Fsp3) is 1.00. The molecule has 0 aromatic carbocycles. The number of piperidine rings is 1. The van der Waals surface area contributed by atoms with E-state index in [0.717, 1.165) is 13.1 Å². The lowest BCUT2D eigenvalue weighted by atomic mass is 9.88. The van der Waals surface area contributed by atoms with Crippen LogP contribution in [0.4, 0.5) is 8.78 Å². The lowest BCUT2D eigenvalue weighted by molar-refractivity contribution is 0.00960. The monoisotopic (exact) mass is 217 g/mol. The van der Waals surface area contributed by atoms with E-state index in [2.05, 4.69) is 25.7 Å². The summed E-state index contributed by atoms with van der Waals surface area (Å²) in [7, 11) is 0. The average Bonchev–Trinajstić information content (AvgIpc) is 2.51. The van der Waals surface area contributed by atoms with E-state index in [0.29, 0.717) is 12.8 Å². The molecule has 1 saturated carbocycles. The summed E-state index contributed by atoms with van der Waals surface area (Å²) in [5.74, 6) is -2.79. The summed E-state index contributed by atoms with van der Waals surface area (Å²) in [4.78, 5) is 2.32. The second-order valence-electron chi connectivity index (χ2n) is 6.16. The van der Waals surface area contributed by atoms with E-state index in [1.165, 1.54) is 0 Å². The lowest BCUT2D eigenvalue weighted by Crippen LogP contribution is -2.47. The van der Waals surface area contributed by atoms with Crippen LogP contribution >= 0.6 is 0 Å². The van der Waals surface area contributed by atoms with Crippen LogP contribution in [0.3, 0.4) is 0 Å². The molecule has 15 heavy (non-hydrogen) atoms. The summed E-state index contributed by atoms with van der Waals surface area (Å²) in [6, 6.07) is 0. The molecule has 1 nitrogen and oxygen atoms in total. The van der Waals surface area contributed by atoms with E-state index in [4.69, 9.17) is 0 Å². The van der Waals surface area contributed by atoms with Gasteiger partial charge in [0.2, 0.25) is 0 Å². The van der Waals surface area contributed by atoms with Gasteiger partial charge >= 0.3 is 0 Å². The van der Waals surface area contributed by atoms with Crippen LogP contribution in [0.15, 0.2) is 0 Å². The first kappa shape index (κ1) is 11.3. The molecular weight excluding hydrogens is 196 g/mol. The van der Waals surface area contributed by atoms with Crippen LogP contribution in [-0.4, -0.2) is 29.5 Å². The molecule has 1 spiro atoms. The summed E-state index contributed by atoms with van der Waals surface area (Å²) >= 11 is 0. The van der Waals surface area contributed by atoms with Crippen molar-refractivity contribution in [3.63, 3.8) is 0 Å². The van der Waals surface area contributed by atoms with Crippen molar-refractivity contribution in [2.75, 3.05) is 13.1 Å². The second kappa shape index (κ2) is 2.93. The third-order valence-electron chi connectivity index (χ3n) is 4.56. The Morgan fingerprint density at radius 1 is 1.13 bits per heavy atom. The van der Waals surface area contributed by atoms with Crippen LogP contribution in [0.25, 0.3) is 0 Å². The molecule has 1 atom stereocenters. The number of nitrogens with zero attached hydrogens (tertiary/aromatic N) is 1. The number of alkyl halides is 2. The van der Waals surface area contributed by atoms with E-state index < -0.39 is 17.3 Å². The first-order valence-electron chi connectivity index (χ1n) is 5.85. The highest BCUT2D eigenvalue weighted by atomic mass is 19.3. The molecule has 0 amide bonds. The van der Waals surface area contributed by atoms with Crippen LogP contribution < -0.4 is 0 Å². The van der Waals surface area contributed by atoms with E-state index in [1.807, 2.05) is 0 Å². The van der Waals surface area contributed by atoms with Gasteiger partial charge in [-0.05, 0) is 46.7 Å². The molecule has 1 unspecified atom stereocenters. The number of rotatable bonds is 0. The third-order valence-corrected chi connectivity index (χ3v) is 4.56. The molecule has 3 heteroatoms. The average molecular weight is 217 g/mol. The molecule has 1 aliphatic heterocycles. The second-order valence-corrected chi connectivity index (χ2v) is 6.16. The summed E-state index contributed by atoms with van der Waals surface area (Å²) < 4.78 is 26.9. The molecule has 0 N–H and O–H groups in total. The molecule has 0 aromatic heterocycles. The van der Waals surface area contributed by atoms with Crippen LogP contribution in [0, 0.1) is 11.3 Å². The Morgan fingerprint density at radius 3 is 1.80 bits per heavy atom. The van der Waals surface area contributed by atoms with Gasteiger partial charge in [0.05, 0.1) is 0 Å². The maximum Gasteiger partial charge on any atom is 0.257 e. The zero-order valence-corrected chi connectivity index (χ0v) is 10.1. The number of likely N-dealkylation sites (tertiary alicyclic amines) is 1. The van der Waals surface area contributed by atoms with E-state index in [9.17, 15) is 8.78 Å². The normalized spacial score (nSPS) is 34.4. The fourth-order valence-corrected chi connectivity index (χ4v) is 3.05. The van der Waals surface area contributed by atoms with Gasteiger partial charge in [-0.1, -0.05) is 6.92 Å². The SMILES string of the molecule is CC1C(F)(F)C12CCN(C(C)(C)C)CC2. The van der Waals surface area contributed by atoms with Crippen LogP contribution in [0.5, 0.6) is 0 Å². The standard InChI is InChI=1S/C12H21F2N/c1-9-11(12(9,13)14)5-7-15(8-6-11)10(2,3)4/h9H,5-8H2,1-4H3. The number of hydrogen-bond donors (Lipinski definition) is 0. The first-order valence-corrected chi connectivity index (χ1v) is 5.85. The Labute approximate surface area is 90.8 Å². The van der Waals surface area contributed by atoms with Gasteiger partial charge in [0.25, 0.3) is 5.92 Å². The van der Waals surface area contributed by atoms with Gasteiger partial charge in [-0.15, -0.1) is 0 Å². The minimum absolute atomic E-state index is 0.120. The molecule has 0 bridgehead atoms. The first-order chi connectivity index (χ1) is 6.72. The van der Waals surface area contributed by atoms with Crippen molar-refractivity contribution in [1.82, 2.24) is 4.90 Å². The maximum atomic E-state index is 13.5. The predicted octanol–water partition coefficient (Wildman–Crippen LogP) is 3.15. The van der Waals surface area contributed by atoms with Crippen molar-refractivity contribution >= 4 is 0 Å². The van der Waals surface area contributed by atoms with Gasteiger partial charge in [-0.25, -0.2) is 8.78 Å². The Kier molecular flexibility index (Phi) is 2.21. The van der Waals surface area contributed by atoms with Gasteiger partial charge in [-0.3, -0.25) is 4.90 Å². The van der Waals surface area contributed by atoms with Gasteiger partial charge in [-0.2, -0.15) is 0 Å². The van der Waals surface area contributed by atoms with Crippen molar-refractivity contribution < 1.29 is 8.78 Å². The van der Waals surface area contributed by atoms with Crippen molar-refractivity contribution in [2.24, 2.45) is 11.3 Å². The zero-order valence-electron chi connectivity index (χ0n) is 10.1. The van der Waals surface area contributed by atoms with E-state index in [-0.39, 0.29) is 5.54 Å². The summed E-state index contributed by atoms with van der Waals surface area (Å²) in [6.07, 6.45) is 1.33. The minimum atomic E-state index is -2.39. The van der Waals surface area contributed by atoms with Crippen molar-refractivity contribution in [2.45, 2.75) is 52.0 Å². The van der Waals surface area contributed by atoms with Gasteiger partial charge in [0.15, 0.2) is 0 Å². The topological polar surface area (TPSA) is 3.24 Å². The largest absolute Gasteiger partial charge is 0.298 e. The summed E-state index contributed by atoms with van der Waals surface area (Å²) in [5, 5.41) is 0. The molecule has 2 aliphatic rings. The Balaban J connectivity index is 2.00. The van der Waals surface area contributed by atoms with Crippen molar-refractivity contribution in [3.8, 4) is 0 Å². The lowest BCUT2D eigenvalue weighted by Gasteiger charge is -2.41.